The molecule has 14 heavy (non-hydrogen) atoms. The van der Waals surface area contributed by atoms with E-state index in [1.54, 1.807) is 11.3 Å². The third-order valence-electron chi connectivity index (χ3n) is 2.67. The van der Waals surface area contributed by atoms with E-state index in [1.165, 1.54) is 17.8 Å². The molecule has 4 heteroatoms. The molecule has 1 aliphatic heterocycles. The lowest BCUT2D eigenvalue weighted by Gasteiger charge is -2.16. The van der Waals surface area contributed by atoms with Crippen molar-refractivity contribution in [2.24, 2.45) is 0 Å². The average Bonchev–Trinajstić information content (AvgIpc) is 2.74. The third-order valence-corrected chi connectivity index (χ3v) is 3.66. The number of hydrogen-bond acceptors (Lipinski definition) is 4. The molecule has 1 aliphatic rings. The number of likely N-dealkylation sites (tertiary alicyclic amines) is 1. The van der Waals surface area contributed by atoms with Crippen LogP contribution in [0.4, 0.5) is 0 Å². The van der Waals surface area contributed by atoms with Gasteiger partial charge in [-0.05, 0) is 26.4 Å². The van der Waals surface area contributed by atoms with E-state index in [4.69, 9.17) is 0 Å². The number of carbonyl (C=O) groups is 1. The molecule has 0 N–H and O–H groups in total. The second kappa shape index (κ2) is 4.19. The minimum Gasteiger partial charge on any atom is -0.303 e. The van der Waals surface area contributed by atoms with E-state index in [-0.39, 0.29) is 0 Å². The molecule has 0 spiro atoms. The van der Waals surface area contributed by atoms with Crippen molar-refractivity contribution in [2.45, 2.75) is 25.3 Å². The molecule has 1 fully saturated rings. The van der Waals surface area contributed by atoms with E-state index in [1.807, 2.05) is 5.38 Å². The fourth-order valence-electron chi connectivity index (χ4n) is 1.88. The second-order valence-electron chi connectivity index (χ2n) is 3.69. The summed E-state index contributed by atoms with van der Waals surface area (Å²) in [6.45, 7) is 1.16. The molecular weight excluding hydrogens is 196 g/mol. The normalized spacial score (nSPS) is 22.8. The van der Waals surface area contributed by atoms with Crippen LogP contribution in [0, 0.1) is 0 Å². The highest BCUT2D eigenvalue weighted by molar-refractivity contribution is 7.09. The molecule has 2 heterocycles. The molecule has 3 nitrogen and oxygen atoms in total. The third kappa shape index (κ3) is 1.86. The molecule has 1 unspecified atom stereocenters. The number of thiazole rings is 1. The molecular formula is C10H14N2OS. The van der Waals surface area contributed by atoms with Gasteiger partial charge < -0.3 is 4.79 Å². The first-order chi connectivity index (χ1) is 6.81. The second-order valence-corrected chi connectivity index (χ2v) is 4.58. The van der Waals surface area contributed by atoms with Gasteiger partial charge in [-0.1, -0.05) is 0 Å². The van der Waals surface area contributed by atoms with E-state index in [0.717, 1.165) is 18.5 Å². The van der Waals surface area contributed by atoms with E-state index >= 15 is 0 Å². The van der Waals surface area contributed by atoms with Gasteiger partial charge in [0.1, 0.15) is 11.3 Å². The van der Waals surface area contributed by atoms with Crippen LogP contribution < -0.4 is 0 Å². The maximum atomic E-state index is 10.3. The average molecular weight is 210 g/mol. The fourth-order valence-corrected chi connectivity index (χ4v) is 2.91. The number of hydrogen-bond donors (Lipinski definition) is 0. The Morgan fingerprint density at radius 1 is 1.79 bits per heavy atom. The molecule has 0 amide bonds. The Hall–Kier alpha value is -0.740. The van der Waals surface area contributed by atoms with Gasteiger partial charge in [0.2, 0.25) is 0 Å². The molecule has 0 aliphatic carbocycles. The lowest BCUT2D eigenvalue weighted by Crippen LogP contribution is -2.17. The van der Waals surface area contributed by atoms with E-state index in [2.05, 4.69) is 16.9 Å². The zero-order valence-electron chi connectivity index (χ0n) is 8.27. The molecule has 1 aromatic rings. The molecule has 1 saturated heterocycles. The Morgan fingerprint density at radius 2 is 2.64 bits per heavy atom. The molecule has 76 valence electrons. The maximum Gasteiger partial charge on any atom is 0.125 e. The minimum atomic E-state index is 0.451. The van der Waals surface area contributed by atoms with Crippen molar-refractivity contribution in [3.8, 4) is 0 Å². The summed E-state index contributed by atoms with van der Waals surface area (Å²) >= 11 is 1.68. The standard InChI is InChI=1S/C10H14N2OS/c1-12-5-2-3-9(12)10-11-8(4-6-13)7-14-10/h6-7,9H,2-5H2,1H3. The predicted octanol–water partition coefficient (Wildman–Crippen LogP) is 1.65. The quantitative estimate of drug-likeness (QED) is 0.711. The van der Waals surface area contributed by atoms with Crippen molar-refractivity contribution in [3.05, 3.63) is 16.1 Å². The van der Waals surface area contributed by atoms with Crippen LogP contribution in [0.3, 0.4) is 0 Å². The van der Waals surface area contributed by atoms with Crippen molar-refractivity contribution in [2.75, 3.05) is 13.6 Å². The number of carbonyl (C=O) groups excluding carboxylic acids is 1. The highest BCUT2D eigenvalue weighted by atomic mass is 32.1. The highest BCUT2D eigenvalue weighted by Crippen LogP contribution is 2.32. The predicted molar refractivity (Wildman–Crippen MR) is 56.5 cm³/mol. The van der Waals surface area contributed by atoms with Crippen molar-refractivity contribution in [1.29, 1.82) is 0 Å². The summed E-state index contributed by atoms with van der Waals surface area (Å²) in [5.41, 5.74) is 0.917. The van der Waals surface area contributed by atoms with Gasteiger partial charge in [0.05, 0.1) is 11.7 Å². The first-order valence-corrected chi connectivity index (χ1v) is 5.77. The molecule has 1 atom stereocenters. The van der Waals surface area contributed by atoms with E-state index < -0.39 is 0 Å². The molecule has 0 bridgehead atoms. The first-order valence-electron chi connectivity index (χ1n) is 4.89. The Kier molecular flexibility index (Phi) is 2.93. The summed E-state index contributed by atoms with van der Waals surface area (Å²) < 4.78 is 0. The van der Waals surface area contributed by atoms with Gasteiger partial charge in [0.25, 0.3) is 0 Å². The van der Waals surface area contributed by atoms with Gasteiger partial charge in [0.15, 0.2) is 0 Å². The van der Waals surface area contributed by atoms with E-state index in [0.29, 0.717) is 12.5 Å². The zero-order valence-corrected chi connectivity index (χ0v) is 9.09. The smallest absolute Gasteiger partial charge is 0.125 e. The SMILES string of the molecule is CN1CCCC1c1nc(CC=O)cs1. The van der Waals surface area contributed by atoms with Crippen molar-refractivity contribution in [3.63, 3.8) is 0 Å². The maximum absolute atomic E-state index is 10.3. The molecule has 0 aromatic carbocycles. The molecule has 2 rings (SSSR count). The van der Waals surface area contributed by atoms with Crippen LogP contribution in [-0.2, 0) is 11.2 Å². The summed E-state index contributed by atoms with van der Waals surface area (Å²) in [7, 11) is 2.14. The van der Waals surface area contributed by atoms with Gasteiger partial charge in [-0.15, -0.1) is 11.3 Å². The number of nitrogens with zero attached hydrogens (tertiary/aromatic N) is 2. The lowest BCUT2D eigenvalue weighted by molar-refractivity contribution is -0.107. The van der Waals surface area contributed by atoms with E-state index in [9.17, 15) is 4.79 Å². The largest absolute Gasteiger partial charge is 0.303 e. The van der Waals surface area contributed by atoms with Crippen molar-refractivity contribution < 1.29 is 4.79 Å². The topological polar surface area (TPSA) is 33.2 Å². The summed E-state index contributed by atoms with van der Waals surface area (Å²) in [6.07, 6.45) is 3.82. The van der Waals surface area contributed by atoms with Gasteiger partial charge >= 0.3 is 0 Å². The zero-order chi connectivity index (χ0) is 9.97. The summed E-state index contributed by atoms with van der Waals surface area (Å²) in [4.78, 5) is 17.1. The first kappa shape index (κ1) is 9.80. The Morgan fingerprint density at radius 3 is 3.29 bits per heavy atom. The Bertz CT molecular complexity index is 324. The lowest BCUT2D eigenvalue weighted by atomic mass is 10.2. The van der Waals surface area contributed by atoms with Crippen molar-refractivity contribution in [1.82, 2.24) is 9.88 Å². The molecule has 0 radical (unpaired) electrons. The van der Waals surface area contributed by atoms with Gasteiger partial charge in [-0.3, -0.25) is 4.90 Å². The van der Waals surface area contributed by atoms with Crippen LogP contribution in [0.25, 0.3) is 0 Å². The number of rotatable bonds is 3. The monoisotopic (exact) mass is 210 g/mol. The van der Waals surface area contributed by atoms with Crippen LogP contribution in [0.1, 0.15) is 29.6 Å². The summed E-state index contributed by atoms with van der Waals surface area (Å²) in [6, 6.07) is 0.486. The summed E-state index contributed by atoms with van der Waals surface area (Å²) in [5.74, 6) is 0. The van der Waals surface area contributed by atoms with Crippen LogP contribution in [-0.4, -0.2) is 29.8 Å². The Balaban J connectivity index is 2.11. The Labute approximate surface area is 87.8 Å². The fraction of sp³-hybridized carbons (Fsp3) is 0.600. The van der Waals surface area contributed by atoms with Crippen LogP contribution >= 0.6 is 11.3 Å². The van der Waals surface area contributed by atoms with Gasteiger partial charge in [0, 0.05) is 11.8 Å². The number of aldehydes is 1. The molecule has 1 aromatic heterocycles. The van der Waals surface area contributed by atoms with Crippen molar-refractivity contribution >= 4 is 17.6 Å². The minimum absolute atomic E-state index is 0.451. The molecule has 0 saturated carbocycles. The van der Waals surface area contributed by atoms with Gasteiger partial charge in [-0.2, -0.15) is 0 Å². The highest BCUT2D eigenvalue weighted by Gasteiger charge is 2.24. The van der Waals surface area contributed by atoms with Crippen LogP contribution in [0.2, 0.25) is 0 Å². The van der Waals surface area contributed by atoms with Gasteiger partial charge in [-0.25, -0.2) is 4.98 Å². The summed E-state index contributed by atoms with van der Waals surface area (Å²) in [5, 5.41) is 3.16. The van der Waals surface area contributed by atoms with Crippen LogP contribution in [0.15, 0.2) is 5.38 Å². The number of aromatic nitrogens is 1. The van der Waals surface area contributed by atoms with Crippen LogP contribution in [0.5, 0.6) is 0 Å².